The molecule has 0 aliphatic carbocycles. The Balaban J connectivity index is 1.55. The zero-order chi connectivity index (χ0) is 22.2. The Labute approximate surface area is 180 Å². The summed E-state index contributed by atoms with van der Waals surface area (Å²) < 4.78 is 10.4. The topological polar surface area (TPSA) is 118 Å². The number of ether oxygens (including phenoxy) is 2. The van der Waals surface area contributed by atoms with Crippen LogP contribution < -0.4 is 10.3 Å². The van der Waals surface area contributed by atoms with E-state index in [1.165, 1.54) is 0 Å². The van der Waals surface area contributed by atoms with Crippen molar-refractivity contribution >= 4 is 12.0 Å². The number of amides is 2. The second kappa shape index (κ2) is 10.6. The number of aromatic amines is 1. The number of hydrogen-bond acceptors (Lipinski definition) is 7. The number of nitrogens with zero attached hydrogens (tertiary/aromatic N) is 4. The van der Waals surface area contributed by atoms with Gasteiger partial charge in [-0.1, -0.05) is 12.1 Å². The first-order valence-electron chi connectivity index (χ1n) is 10.4. The minimum atomic E-state index is -0.369. The third-order valence-corrected chi connectivity index (χ3v) is 4.92. The zero-order valence-electron chi connectivity index (χ0n) is 17.8. The standard InChI is InChI=1S/C21H27N5O5/c1-3-30-16-7-5-6-15(14-16)19-22-20(28)17(23-24-19)8-9-18(27)25-10-12-26(13-11-25)21(29)31-4-2/h5-7,14H,3-4,8-13H2,1-2H3,(H,22,24,28). The average Bonchev–Trinajstić information content (AvgIpc) is 2.78. The van der Waals surface area contributed by atoms with E-state index in [-0.39, 0.29) is 36.1 Å². The Bertz CT molecular complexity index is 969. The van der Waals surface area contributed by atoms with E-state index in [1.807, 2.05) is 25.1 Å². The molecule has 1 aromatic carbocycles. The van der Waals surface area contributed by atoms with Crippen molar-refractivity contribution in [3.05, 3.63) is 40.3 Å². The van der Waals surface area contributed by atoms with Gasteiger partial charge in [0.25, 0.3) is 5.56 Å². The monoisotopic (exact) mass is 429 g/mol. The maximum Gasteiger partial charge on any atom is 0.409 e. The molecule has 1 aliphatic rings. The van der Waals surface area contributed by atoms with Gasteiger partial charge in [0, 0.05) is 44.6 Å². The Morgan fingerprint density at radius 3 is 2.48 bits per heavy atom. The second-order valence-corrected chi connectivity index (χ2v) is 6.98. The molecule has 1 N–H and O–H groups in total. The summed E-state index contributed by atoms with van der Waals surface area (Å²) in [6, 6.07) is 7.23. The second-order valence-electron chi connectivity index (χ2n) is 6.98. The van der Waals surface area contributed by atoms with Crippen molar-refractivity contribution in [2.75, 3.05) is 39.4 Å². The fraction of sp³-hybridized carbons (Fsp3) is 0.476. The van der Waals surface area contributed by atoms with Crippen molar-refractivity contribution in [1.29, 1.82) is 0 Å². The molecule has 1 saturated heterocycles. The Morgan fingerprint density at radius 1 is 1.06 bits per heavy atom. The van der Waals surface area contributed by atoms with Crippen molar-refractivity contribution in [1.82, 2.24) is 25.0 Å². The molecule has 0 bridgehead atoms. The first kappa shape index (κ1) is 22.3. The lowest BCUT2D eigenvalue weighted by molar-refractivity contribution is -0.132. The SMILES string of the molecule is CCOC(=O)N1CCN(C(=O)CCc2nnc(-c3cccc(OCC)c3)[nH]c2=O)CC1. The van der Waals surface area contributed by atoms with Crippen LogP contribution in [0.1, 0.15) is 26.0 Å². The molecule has 0 unspecified atom stereocenters. The number of aromatic nitrogens is 3. The first-order valence-corrected chi connectivity index (χ1v) is 10.4. The molecular formula is C21H27N5O5. The zero-order valence-corrected chi connectivity index (χ0v) is 17.8. The Kier molecular flexibility index (Phi) is 7.58. The summed E-state index contributed by atoms with van der Waals surface area (Å²) in [5.74, 6) is 0.940. The summed E-state index contributed by atoms with van der Waals surface area (Å²) in [5, 5.41) is 8.13. The number of rotatable bonds is 7. The smallest absolute Gasteiger partial charge is 0.409 e. The van der Waals surface area contributed by atoms with Gasteiger partial charge in [0.15, 0.2) is 5.82 Å². The number of benzene rings is 1. The van der Waals surface area contributed by atoms with Gasteiger partial charge < -0.3 is 24.3 Å². The molecule has 2 aromatic rings. The van der Waals surface area contributed by atoms with E-state index in [0.29, 0.717) is 56.5 Å². The van der Waals surface area contributed by atoms with Crippen molar-refractivity contribution < 1.29 is 19.1 Å². The predicted molar refractivity (Wildman–Crippen MR) is 113 cm³/mol. The van der Waals surface area contributed by atoms with E-state index in [2.05, 4.69) is 15.2 Å². The highest BCUT2D eigenvalue weighted by atomic mass is 16.6. The van der Waals surface area contributed by atoms with Crippen LogP contribution in [-0.2, 0) is 16.0 Å². The van der Waals surface area contributed by atoms with Crippen molar-refractivity contribution in [3.63, 3.8) is 0 Å². The maximum absolute atomic E-state index is 12.5. The number of aryl methyl sites for hydroxylation is 1. The molecular weight excluding hydrogens is 402 g/mol. The van der Waals surface area contributed by atoms with Crippen molar-refractivity contribution in [3.8, 4) is 17.1 Å². The number of H-pyrrole nitrogens is 1. The van der Waals surface area contributed by atoms with Crippen LogP contribution in [0.25, 0.3) is 11.4 Å². The fourth-order valence-corrected chi connectivity index (χ4v) is 3.29. The van der Waals surface area contributed by atoms with Crippen LogP contribution in [0.5, 0.6) is 5.75 Å². The van der Waals surface area contributed by atoms with Gasteiger partial charge in [-0.3, -0.25) is 9.59 Å². The summed E-state index contributed by atoms with van der Waals surface area (Å²) in [6.07, 6.45) is -0.0159. The molecule has 31 heavy (non-hydrogen) atoms. The Morgan fingerprint density at radius 2 is 1.81 bits per heavy atom. The molecule has 166 valence electrons. The lowest BCUT2D eigenvalue weighted by Crippen LogP contribution is -2.50. The van der Waals surface area contributed by atoms with E-state index < -0.39 is 0 Å². The molecule has 2 amide bonds. The average molecular weight is 429 g/mol. The first-order chi connectivity index (χ1) is 15.0. The van der Waals surface area contributed by atoms with Gasteiger partial charge in [0.05, 0.1) is 13.2 Å². The highest BCUT2D eigenvalue weighted by Gasteiger charge is 2.24. The third-order valence-electron chi connectivity index (χ3n) is 4.92. The number of hydrogen-bond donors (Lipinski definition) is 1. The number of carbonyl (C=O) groups is 2. The van der Waals surface area contributed by atoms with Gasteiger partial charge in [-0.05, 0) is 26.0 Å². The largest absolute Gasteiger partial charge is 0.494 e. The Hall–Kier alpha value is -3.43. The molecule has 0 radical (unpaired) electrons. The van der Waals surface area contributed by atoms with Gasteiger partial charge >= 0.3 is 6.09 Å². The van der Waals surface area contributed by atoms with Crippen LogP contribution in [0.4, 0.5) is 4.79 Å². The lowest BCUT2D eigenvalue weighted by atomic mass is 10.2. The molecule has 0 saturated carbocycles. The molecule has 10 nitrogen and oxygen atoms in total. The van der Waals surface area contributed by atoms with Crippen LogP contribution in [0.15, 0.2) is 29.1 Å². The van der Waals surface area contributed by atoms with E-state index >= 15 is 0 Å². The summed E-state index contributed by atoms with van der Waals surface area (Å²) in [6.45, 7) is 6.25. The van der Waals surface area contributed by atoms with E-state index in [1.54, 1.807) is 22.8 Å². The van der Waals surface area contributed by atoms with E-state index in [4.69, 9.17) is 9.47 Å². The summed E-state index contributed by atoms with van der Waals surface area (Å²) in [5.41, 5.74) is 0.535. The quantitative estimate of drug-likeness (QED) is 0.708. The number of nitrogens with one attached hydrogen (secondary N) is 1. The number of carbonyl (C=O) groups excluding carboxylic acids is 2. The predicted octanol–water partition coefficient (Wildman–Crippen LogP) is 1.46. The third kappa shape index (κ3) is 5.80. The van der Waals surface area contributed by atoms with Gasteiger partial charge in [-0.15, -0.1) is 10.2 Å². The van der Waals surface area contributed by atoms with Gasteiger partial charge in [-0.25, -0.2) is 4.79 Å². The molecule has 1 fully saturated rings. The van der Waals surface area contributed by atoms with Crippen molar-refractivity contribution in [2.45, 2.75) is 26.7 Å². The summed E-state index contributed by atoms with van der Waals surface area (Å²) >= 11 is 0. The van der Waals surface area contributed by atoms with Crippen LogP contribution >= 0.6 is 0 Å². The number of piperazine rings is 1. The molecule has 2 heterocycles. The van der Waals surface area contributed by atoms with Gasteiger partial charge in [0.1, 0.15) is 11.4 Å². The molecule has 1 aliphatic heterocycles. The fourth-order valence-electron chi connectivity index (χ4n) is 3.29. The highest BCUT2D eigenvalue weighted by molar-refractivity contribution is 5.77. The minimum Gasteiger partial charge on any atom is -0.494 e. The van der Waals surface area contributed by atoms with Crippen LogP contribution in [0.3, 0.4) is 0 Å². The van der Waals surface area contributed by atoms with Crippen LogP contribution in [0, 0.1) is 0 Å². The van der Waals surface area contributed by atoms with Crippen LogP contribution in [-0.4, -0.2) is 76.4 Å². The van der Waals surface area contributed by atoms with Gasteiger partial charge in [0.2, 0.25) is 5.91 Å². The summed E-state index contributed by atoms with van der Waals surface area (Å²) in [7, 11) is 0. The molecule has 3 rings (SSSR count). The molecule has 0 spiro atoms. The lowest BCUT2D eigenvalue weighted by Gasteiger charge is -2.34. The maximum atomic E-state index is 12.5. The molecule has 0 atom stereocenters. The summed E-state index contributed by atoms with van der Waals surface area (Å²) in [4.78, 5) is 42.7. The van der Waals surface area contributed by atoms with Crippen molar-refractivity contribution in [2.24, 2.45) is 0 Å². The van der Waals surface area contributed by atoms with Gasteiger partial charge in [-0.2, -0.15) is 0 Å². The van der Waals surface area contributed by atoms with E-state index in [0.717, 1.165) is 0 Å². The molecule has 1 aromatic heterocycles. The minimum absolute atomic E-state index is 0.0850. The van der Waals surface area contributed by atoms with E-state index in [9.17, 15) is 14.4 Å². The molecule has 10 heteroatoms. The highest BCUT2D eigenvalue weighted by Crippen LogP contribution is 2.19. The normalized spacial score (nSPS) is 13.7. The van der Waals surface area contributed by atoms with Crippen LogP contribution in [0.2, 0.25) is 0 Å².